The molecule has 0 radical (unpaired) electrons. The number of nitrogens with zero attached hydrogens (tertiary/aromatic N) is 1. The normalized spacial score (nSPS) is 38.6. The molecular formula is C12H20N2O2. The highest BCUT2D eigenvalue weighted by Gasteiger charge is 2.45. The average Bonchev–Trinajstić information content (AvgIpc) is 2.75. The van der Waals surface area contributed by atoms with E-state index in [0.29, 0.717) is 11.8 Å². The van der Waals surface area contributed by atoms with Gasteiger partial charge in [0, 0.05) is 25.6 Å². The smallest absolute Gasteiger partial charge is 0.240 e. The Morgan fingerprint density at radius 2 is 2.19 bits per heavy atom. The fourth-order valence-corrected chi connectivity index (χ4v) is 3.52. The molecule has 0 bridgehead atoms. The van der Waals surface area contributed by atoms with Gasteiger partial charge in [0.1, 0.15) is 0 Å². The van der Waals surface area contributed by atoms with E-state index in [4.69, 9.17) is 5.11 Å². The minimum Gasteiger partial charge on any atom is -0.396 e. The molecule has 16 heavy (non-hydrogen) atoms. The lowest BCUT2D eigenvalue weighted by Gasteiger charge is -2.40. The minimum absolute atomic E-state index is 0.0761. The maximum Gasteiger partial charge on any atom is 0.240 e. The Labute approximate surface area is 96.0 Å². The monoisotopic (exact) mass is 224 g/mol. The van der Waals surface area contributed by atoms with Crippen LogP contribution in [0.15, 0.2) is 0 Å². The summed E-state index contributed by atoms with van der Waals surface area (Å²) in [6.45, 7) is 2.75. The third-order valence-electron chi connectivity index (χ3n) is 4.54. The summed E-state index contributed by atoms with van der Waals surface area (Å²) >= 11 is 0. The van der Waals surface area contributed by atoms with Crippen LogP contribution >= 0.6 is 0 Å². The number of hydrogen-bond acceptors (Lipinski definition) is 3. The fraction of sp³-hybridized carbons (Fsp3) is 0.917. The van der Waals surface area contributed by atoms with Crippen molar-refractivity contribution in [3.05, 3.63) is 0 Å². The Morgan fingerprint density at radius 3 is 2.94 bits per heavy atom. The second kappa shape index (κ2) is 4.00. The fourth-order valence-electron chi connectivity index (χ4n) is 3.52. The van der Waals surface area contributed by atoms with Gasteiger partial charge in [-0.25, -0.2) is 0 Å². The summed E-state index contributed by atoms with van der Waals surface area (Å²) in [5, 5.41) is 12.3. The predicted molar refractivity (Wildman–Crippen MR) is 59.8 cm³/mol. The van der Waals surface area contributed by atoms with E-state index in [-0.39, 0.29) is 18.6 Å². The van der Waals surface area contributed by atoms with E-state index < -0.39 is 0 Å². The molecule has 2 aliphatic heterocycles. The van der Waals surface area contributed by atoms with Crippen molar-refractivity contribution >= 4 is 5.91 Å². The van der Waals surface area contributed by atoms with Crippen molar-refractivity contribution in [2.45, 2.75) is 25.3 Å². The van der Waals surface area contributed by atoms with Crippen molar-refractivity contribution < 1.29 is 9.90 Å². The summed E-state index contributed by atoms with van der Waals surface area (Å²) in [6, 6.07) is 0.0761. The van der Waals surface area contributed by atoms with Crippen molar-refractivity contribution in [2.24, 2.45) is 17.8 Å². The van der Waals surface area contributed by atoms with Crippen molar-refractivity contribution in [3.63, 3.8) is 0 Å². The number of fused-ring (bicyclic) bond motifs is 1. The van der Waals surface area contributed by atoms with Crippen molar-refractivity contribution in [2.75, 3.05) is 26.2 Å². The highest BCUT2D eigenvalue weighted by Crippen LogP contribution is 2.38. The van der Waals surface area contributed by atoms with E-state index in [1.165, 1.54) is 19.3 Å². The number of hydrogen-bond donors (Lipinski definition) is 2. The summed E-state index contributed by atoms with van der Waals surface area (Å²) in [5.41, 5.74) is 0. The van der Waals surface area contributed by atoms with Gasteiger partial charge in [0.15, 0.2) is 0 Å². The van der Waals surface area contributed by atoms with Crippen LogP contribution in [0.4, 0.5) is 0 Å². The van der Waals surface area contributed by atoms with Crippen LogP contribution in [0.3, 0.4) is 0 Å². The topological polar surface area (TPSA) is 52.6 Å². The zero-order valence-electron chi connectivity index (χ0n) is 9.56. The first kappa shape index (κ1) is 10.5. The highest BCUT2D eigenvalue weighted by atomic mass is 16.3. The lowest BCUT2D eigenvalue weighted by Crippen LogP contribution is -2.57. The molecule has 1 saturated carbocycles. The molecule has 0 aromatic rings. The van der Waals surface area contributed by atoms with Crippen LogP contribution in [0, 0.1) is 17.8 Å². The molecule has 2 N–H and O–H groups in total. The second-order valence-corrected chi connectivity index (χ2v) is 5.53. The largest absolute Gasteiger partial charge is 0.396 e. The number of rotatable bonds is 2. The predicted octanol–water partition coefficient (Wildman–Crippen LogP) is -0.175. The average molecular weight is 224 g/mol. The molecule has 3 fully saturated rings. The van der Waals surface area contributed by atoms with E-state index in [2.05, 4.69) is 5.32 Å². The number of likely N-dealkylation sites (tertiary alicyclic amines) is 1. The van der Waals surface area contributed by atoms with Gasteiger partial charge in [-0.05, 0) is 31.2 Å². The van der Waals surface area contributed by atoms with Crippen LogP contribution in [0.5, 0.6) is 0 Å². The van der Waals surface area contributed by atoms with Gasteiger partial charge in [-0.3, -0.25) is 4.79 Å². The number of nitrogens with one attached hydrogen (secondary N) is 1. The molecule has 0 aromatic heterocycles. The third-order valence-corrected chi connectivity index (χ3v) is 4.54. The number of aliphatic hydroxyl groups excluding tert-OH is 1. The van der Waals surface area contributed by atoms with Crippen molar-refractivity contribution in [1.29, 1.82) is 0 Å². The van der Waals surface area contributed by atoms with Crippen LogP contribution in [0.2, 0.25) is 0 Å². The summed E-state index contributed by atoms with van der Waals surface area (Å²) < 4.78 is 0. The van der Waals surface area contributed by atoms with Crippen LogP contribution in [-0.2, 0) is 4.79 Å². The molecule has 0 aromatic carbocycles. The number of aliphatic hydroxyl groups is 1. The molecule has 1 aliphatic carbocycles. The van der Waals surface area contributed by atoms with E-state index in [1.807, 2.05) is 4.90 Å². The van der Waals surface area contributed by atoms with Gasteiger partial charge in [-0.2, -0.15) is 0 Å². The van der Waals surface area contributed by atoms with Crippen LogP contribution < -0.4 is 5.32 Å². The van der Waals surface area contributed by atoms with Gasteiger partial charge in [0.25, 0.3) is 0 Å². The molecule has 0 spiro atoms. The molecule has 3 rings (SSSR count). The third kappa shape index (κ3) is 1.55. The number of carbonyl (C=O) groups is 1. The standard InChI is InChI=1S/C12H20N2O2/c15-7-8-5-14(6-8)12(16)11-10-3-1-2-9(10)4-13-11/h8-11,13,15H,1-7H2. The van der Waals surface area contributed by atoms with Crippen molar-refractivity contribution in [1.82, 2.24) is 10.2 Å². The molecule has 1 amide bonds. The van der Waals surface area contributed by atoms with E-state index >= 15 is 0 Å². The van der Waals surface area contributed by atoms with E-state index in [0.717, 1.165) is 25.6 Å². The Morgan fingerprint density at radius 1 is 1.38 bits per heavy atom. The highest BCUT2D eigenvalue weighted by molar-refractivity contribution is 5.83. The summed E-state index contributed by atoms with van der Waals surface area (Å²) in [4.78, 5) is 14.1. The summed E-state index contributed by atoms with van der Waals surface area (Å²) in [6.07, 6.45) is 3.80. The van der Waals surface area contributed by atoms with E-state index in [1.54, 1.807) is 0 Å². The zero-order chi connectivity index (χ0) is 11.1. The molecule has 2 heterocycles. The Kier molecular flexibility index (Phi) is 2.64. The first-order valence-corrected chi connectivity index (χ1v) is 6.42. The lowest BCUT2D eigenvalue weighted by atomic mass is 9.91. The van der Waals surface area contributed by atoms with Gasteiger partial charge in [-0.1, -0.05) is 6.42 Å². The summed E-state index contributed by atoms with van der Waals surface area (Å²) in [7, 11) is 0. The van der Waals surface area contributed by atoms with Crippen LogP contribution in [0.1, 0.15) is 19.3 Å². The number of amides is 1. The van der Waals surface area contributed by atoms with Crippen LogP contribution in [0.25, 0.3) is 0 Å². The Bertz CT molecular complexity index is 289. The molecule has 4 nitrogen and oxygen atoms in total. The summed E-state index contributed by atoms with van der Waals surface area (Å²) in [5.74, 6) is 1.92. The van der Waals surface area contributed by atoms with Gasteiger partial charge < -0.3 is 15.3 Å². The minimum atomic E-state index is 0.0761. The molecule has 3 unspecified atom stereocenters. The van der Waals surface area contributed by atoms with Crippen molar-refractivity contribution in [3.8, 4) is 0 Å². The SMILES string of the molecule is O=C(C1NCC2CCCC21)N1CC(CO)C1. The van der Waals surface area contributed by atoms with Crippen LogP contribution in [-0.4, -0.2) is 48.2 Å². The maximum absolute atomic E-state index is 12.2. The first-order chi connectivity index (χ1) is 7.79. The number of carbonyl (C=O) groups excluding carboxylic acids is 1. The zero-order valence-corrected chi connectivity index (χ0v) is 9.56. The first-order valence-electron chi connectivity index (χ1n) is 6.42. The molecule has 3 aliphatic rings. The molecule has 90 valence electrons. The lowest BCUT2D eigenvalue weighted by molar-refractivity contribution is -0.141. The van der Waals surface area contributed by atoms with Gasteiger partial charge in [0.2, 0.25) is 5.91 Å². The molecule has 3 atom stereocenters. The van der Waals surface area contributed by atoms with Gasteiger partial charge in [0.05, 0.1) is 6.04 Å². The Balaban J connectivity index is 1.59. The molecular weight excluding hydrogens is 204 g/mol. The molecule has 2 saturated heterocycles. The van der Waals surface area contributed by atoms with Gasteiger partial charge >= 0.3 is 0 Å². The Hall–Kier alpha value is -0.610. The van der Waals surface area contributed by atoms with E-state index in [9.17, 15) is 4.79 Å². The van der Waals surface area contributed by atoms with Gasteiger partial charge in [-0.15, -0.1) is 0 Å². The quantitative estimate of drug-likeness (QED) is 0.684. The second-order valence-electron chi connectivity index (χ2n) is 5.53. The molecule has 4 heteroatoms. The maximum atomic E-state index is 12.2.